The van der Waals surface area contributed by atoms with Gasteiger partial charge in [0.05, 0.1) is 22.5 Å². The number of nitrogens with zero attached hydrogens (tertiary/aromatic N) is 3. The maximum atomic E-state index is 12.8. The van der Waals surface area contributed by atoms with E-state index in [0.717, 1.165) is 27.2 Å². The lowest BCUT2D eigenvalue weighted by Crippen LogP contribution is -2.11. The number of nitrogens with one attached hydrogen (secondary N) is 1. The number of hydrogen-bond acceptors (Lipinski definition) is 7. The Kier molecular flexibility index (Phi) is 4.53. The highest BCUT2D eigenvalue weighted by Gasteiger charge is 2.21. The van der Waals surface area contributed by atoms with Gasteiger partial charge in [-0.25, -0.2) is 15.0 Å². The lowest BCUT2D eigenvalue weighted by atomic mass is 10.1. The van der Waals surface area contributed by atoms with Crippen molar-refractivity contribution < 1.29 is 9.21 Å². The Balaban J connectivity index is 1.70. The van der Waals surface area contributed by atoms with Crippen LogP contribution in [0.25, 0.3) is 21.8 Å². The molecule has 4 aromatic rings. The molecular formula is C19H18N4O2S2. The quantitative estimate of drug-likeness (QED) is 0.498. The Morgan fingerprint density at radius 3 is 2.70 bits per heavy atom. The summed E-state index contributed by atoms with van der Waals surface area (Å²) in [6.45, 7) is 8.01. The summed E-state index contributed by atoms with van der Waals surface area (Å²) in [5, 5.41) is 6.41. The number of thiazole rings is 1. The van der Waals surface area contributed by atoms with E-state index in [0.29, 0.717) is 27.5 Å². The third-order valence-corrected chi connectivity index (χ3v) is 6.21. The molecule has 4 aromatic heterocycles. The van der Waals surface area contributed by atoms with Crippen molar-refractivity contribution in [3.63, 3.8) is 0 Å². The number of rotatable bonds is 4. The molecule has 0 fully saturated rings. The number of carbonyl (C=O) groups excluding carboxylic acids is 1. The molecule has 0 saturated heterocycles. The van der Waals surface area contributed by atoms with Gasteiger partial charge in [0.15, 0.2) is 16.7 Å². The van der Waals surface area contributed by atoms with Gasteiger partial charge in [0.25, 0.3) is 5.91 Å². The molecule has 6 nitrogen and oxygen atoms in total. The van der Waals surface area contributed by atoms with E-state index in [-0.39, 0.29) is 5.91 Å². The topological polar surface area (TPSA) is 80.9 Å². The average Bonchev–Trinajstić information content (AvgIpc) is 3.34. The summed E-state index contributed by atoms with van der Waals surface area (Å²) in [6.07, 6.45) is 1.59. The number of carbonyl (C=O) groups is 1. The van der Waals surface area contributed by atoms with Gasteiger partial charge in [-0.2, -0.15) is 0 Å². The highest BCUT2D eigenvalue weighted by atomic mass is 32.1. The summed E-state index contributed by atoms with van der Waals surface area (Å²) in [5.41, 5.74) is 2.69. The molecule has 4 heterocycles. The van der Waals surface area contributed by atoms with E-state index in [1.807, 2.05) is 25.3 Å². The van der Waals surface area contributed by atoms with Crippen LogP contribution in [0.2, 0.25) is 0 Å². The number of anilines is 1. The highest BCUT2D eigenvalue weighted by molar-refractivity contribution is 7.21. The molecule has 0 aliphatic carbocycles. The summed E-state index contributed by atoms with van der Waals surface area (Å²) >= 11 is 2.80. The smallest absolute Gasteiger partial charge is 0.267 e. The van der Waals surface area contributed by atoms with Crippen LogP contribution in [0.3, 0.4) is 0 Å². The van der Waals surface area contributed by atoms with E-state index in [2.05, 4.69) is 34.1 Å². The lowest BCUT2D eigenvalue weighted by Gasteiger charge is -2.02. The molecule has 4 rings (SSSR count). The molecular weight excluding hydrogens is 380 g/mol. The first-order valence-corrected chi connectivity index (χ1v) is 10.2. The number of furan rings is 1. The average molecular weight is 399 g/mol. The first-order chi connectivity index (χ1) is 12.9. The van der Waals surface area contributed by atoms with Gasteiger partial charge in [-0.15, -0.1) is 22.7 Å². The van der Waals surface area contributed by atoms with Crippen LogP contribution in [0.1, 0.15) is 46.4 Å². The van der Waals surface area contributed by atoms with Gasteiger partial charge in [-0.05, 0) is 37.5 Å². The Morgan fingerprint density at radius 2 is 2.04 bits per heavy atom. The standard InChI is InChI=1S/C19H18N4O2S2/c1-9(2)12-8-26-19(21-12)23-17(24)15-10(3)14-11(4)20-16(22-18(14)27-15)13-6-5-7-25-13/h5-9H,1-4H3,(H,21,23,24). The van der Waals surface area contributed by atoms with Crippen molar-refractivity contribution in [2.45, 2.75) is 33.6 Å². The fraction of sp³-hybridized carbons (Fsp3) is 0.263. The van der Waals surface area contributed by atoms with Gasteiger partial charge in [0.2, 0.25) is 0 Å². The molecule has 0 bridgehead atoms. The third kappa shape index (κ3) is 3.26. The third-order valence-electron chi connectivity index (χ3n) is 4.25. The van der Waals surface area contributed by atoms with Crippen molar-refractivity contribution in [3.05, 3.63) is 45.6 Å². The fourth-order valence-electron chi connectivity index (χ4n) is 2.83. The van der Waals surface area contributed by atoms with Crippen molar-refractivity contribution >= 4 is 43.9 Å². The predicted octanol–water partition coefficient (Wildman–Crippen LogP) is 5.40. The zero-order valence-electron chi connectivity index (χ0n) is 15.4. The molecule has 0 spiro atoms. The highest BCUT2D eigenvalue weighted by Crippen LogP contribution is 2.33. The first kappa shape index (κ1) is 17.8. The van der Waals surface area contributed by atoms with Crippen LogP contribution in [0.15, 0.2) is 28.2 Å². The SMILES string of the molecule is Cc1nc(-c2ccco2)nc2sc(C(=O)Nc3nc(C(C)C)cs3)c(C)c12. The molecule has 0 aromatic carbocycles. The van der Waals surface area contributed by atoms with Gasteiger partial charge in [-0.1, -0.05) is 13.8 Å². The van der Waals surface area contributed by atoms with E-state index >= 15 is 0 Å². The lowest BCUT2D eigenvalue weighted by molar-refractivity contribution is 0.103. The summed E-state index contributed by atoms with van der Waals surface area (Å²) < 4.78 is 5.40. The number of aromatic nitrogens is 3. The van der Waals surface area contributed by atoms with Gasteiger partial charge < -0.3 is 4.42 Å². The number of amides is 1. The second-order valence-corrected chi connectivity index (χ2v) is 8.39. The summed E-state index contributed by atoms with van der Waals surface area (Å²) in [6, 6.07) is 3.62. The van der Waals surface area contributed by atoms with Crippen LogP contribution in [0, 0.1) is 13.8 Å². The Bertz CT molecular complexity index is 1130. The van der Waals surface area contributed by atoms with Crippen LogP contribution in [0.5, 0.6) is 0 Å². The molecule has 27 heavy (non-hydrogen) atoms. The summed E-state index contributed by atoms with van der Waals surface area (Å²) in [5.74, 6) is 1.30. The maximum Gasteiger partial charge on any atom is 0.267 e. The molecule has 0 aliphatic rings. The molecule has 138 valence electrons. The number of aryl methyl sites for hydroxylation is 2. The minimum atomic E-state index is -0.167. The maximum absolute atomic E-state index is 12.8. The van der Waals surface area contributed by atoms with Crippen molar-refractivity contribution in [1.82, 2.24) is 15.0 Å². The van der Waals surface area contributed by atoms with Crippen LogP contribution in [-0.2, 0) is 0 Å². The van der Waals surface area contributed by atoms with Crippen LogP contribution in [0.4, 0.5) is 5.13 Å². The Morgan fingerprint density at radius 1 is 1.22 bits per heavy atom. The van der Waals surface area contributed by atoms with Gasteiger partial charge >= 0.3 is 0 Å². The zero-order chi connectivity index (χ0) is 19.1. The van der Waals surface area contributed by atoms with E-state index in [1.54, 1.807) is 12.3 Å². The van der Waals surface area contributed by atoms with E-state index in [9.17, 15) is 4.79 Å². The Hall–Kier alpha value is -2.58. The molecule has 1 amide bonds. The number of hydrogen-bond donors (Lipinski definition) is 1. The van der Waals surface area contributed by atoms with Gasteiger partial charge in [-0.3, -0.25) is 10.1 Å². The van der Waals surface area contributed by atoms with Crippen LogP contribution >= 0.6 is 22.7 Å². The molecule has 0 aliphatic heterocycles. The predicted molar refractivity (Wildman–Crippen MR) is 109 cm³/mol. The molecule has 1 N–H and O–H groups in total. The van der Waals surface area contributed by atoms with Gasteiger partial charge in [0, 0.05) is 10.8 Å². The van der Waals surface area contributed by atoms with E-state index in [1.165, 1.54) is 22.7 Å². The molecule has 0 atom stereocenters. The monoisotopic (exact) mass is 398 g/mol. The minimum Gasteiger partial charge on any atom is -0.461 e. The number of thiophene rings is 1. The van der Waals surface area contributed by atoms with Crippen LogP contribution < -0.4 is 5.32 Å². The van der Waals surface area contributed by atoms with Crippen molar-refractivity contribution in [2.24, 2.45) is 0 Å². The second kappa shape index (κ2) is 6.86. The number of fused-ring (bicyclic) bond motifs is 1. The molecule has 8 heteroatoms. The molecule has 0 radical (unpaired) electrons. The van der Waals surface area contributed by atoms with Crippen molar-refractivity contribution in [3.8, 4) is 11.6 Å². The van der Waals surface area contributed by atoms with Crippen LogP contribution in [-0.4, -0.2) is 20.9 Å². The second-order valence-electron chi connectivity index (χ2n) is 6.53. The normalized spacial score (nSPS) is 11.4. The molecule has 0 saturated carbocycles. The van der Waals surface area contributed by atoms with Crippen molar-refractivity contribution in [2.75, 3.05) is 5.32 Å². The first-order valence-electron chi connectivity index (χ1n) is 8.52. The summed E-state index contributed by atoms with van der Waals surface area (Å²) in [7, 11) is 0. The Labute approximate surface area is 164 Å². The minimum absolute atomic E-state index is 0.167. The molecule has 0 unspecified atom stereocenters. The van der Waals surface area contributed by atoms with E-state index in [4.69, 9.17) is 4.42 Å². The fourth-order valence-corrected chi connectivity index (χ4v) is 4.83. The largest absolute Gasteiger partial charge is 0.461 e. The van der Waals surface area contributed by atoms with E-state index < -0.39 is 0 Å². The zero-order valence-corrected chi connectivity index (χ0v) is 17.0. The van der Waals surface area contributed by atoms with Crippen molar-refractivity contribution in [1.29, 1.82) is 0 Å². The summed E-state index contributed by atoms with van der Waals surface area (Å²) in [4.78, 5) is 27.8. The van der Waals surface area contributed by atoms with Gasteiger partial charge in [0.1, 0.15) is 4.83 Å².